The normalized spacial score (nSPS) is 16.6. The Hall–Kier alpha value is -2.74. The number of ether oxygens (including phenoxy) is 1. The van der Waals surface area contributed by atoms with E-state index in [4.69, 9.17) is 9.26 Å². The van der Waals surface area contributed by atoms with Crippen LogP contribution in [-0.4, -0.2) is 28.1 Å². The van der Waals surface area contributed by atoms with Gasteiger partial charge in [-0.15, -0.1) is 0 Å². The molecule has 0 N–H and O–H groups in total. The van der Waals surface area contributed by atoms with E-state index in [1.54, 1.807) is 24.1 Å². The van der Waals surface area contributed by atoms with Gasteiger partial charge in [-0.05, 0) is 30.7 Å². The molecule has 1 atom stereocenters. The summed E-state index contributed by atoms with van der Waals surface area (Å²) in [4.78, 5) is 18.5. The Bertz CT molecular complexity index is 1020. The van der Waals surface area contributed by atoms with Crippen LogP contribution in [0.5, 0.6) is 5.75 Å². The van der Waals surface area contributed by atoms with E-state index in [0.717, 1.165) is 5.56 Å². The van der Waals surface area contributed by atoms with Gasteiger partial charge in [0.2, 0.25) is 17.6 Å². The molecule has 144 valence electrons. The Balaban J connectivity index is 1.59. The van der Waals surface area contributed by atoms with E-state index >= 15 is 0 Å². The summed E-state index contributed by atoms with van der Waals surface area (Å²) in [5, 5.41) is 4.04. The molecule has 0 radical (unpaired) electrons. The zero-order chi connectivity index (χ0) is 19.7. The van der Waals surface area contributed by atoms with Crippen LogP contribution in [0.3, 0.4) is 0 Å². The van der Waals surface area contributed by atoms with Crippen LogP contribution in [0.1, 0.15) is 30.3 Å². The summed E-state index contributed by atoms with van der Waals surface area (Å²) >= 11 is 3.24. The lowest BCUT2D eigenvalue weighted by atomic mass is 10.1. The van der Waals surface area contributed by atoms with Gasteiger partial charge in [0.15, 0.2) is 0 Å². The Labute approximate surface area is 169 Å². The molecule has 8 heteroatoms. The highest BCUT2D eigenvalue weighted by Gasteiger charge is 2.36. The van der Waals surface area contributed by atoms with Crippen molar-refractivity contribution in [2.75, 3.05) is 7.11 Å². The lowest BCUT2D eigenvalue weighted by Crippen LogP contribution is -2.27. The van der Waals surface area contributed by atoms with Crippen molar-refractivity contribution >= 4 is 21.8 Å². The first-order chi connectivity index (χ1) is 13.5. The van der Waals surface area contributed by atoms with Crippen LogP contribution in [0, 0.1) is 5.82 Å². The van der Waals surface area contributed by atoms with Crippen LogP contribution in [-0.2, 0) is 11.3 Å². The molecule has 0 spiro atoms. The van der Waals surface area contributed by atoms with Crippen molar-refractivity contribution in [3.8, 4) is 17.1 Å². The van der Waals surface area contributed by atoms with Gasteiger partial charge in [-0.3, -0.25) is 4.79 Å². The van der Waals surface area contributed by atoms with E-state index in [9.17, 15) is 9.18 Å². The Kier molecular flexibility index (Phi) is 5.13. The molecule has 6 nitrogen and oxygen atoms in total. The number of aromatic nitrogens is 2. The van der Waals surface area contributed by atoms with Crippen molar-refractivity contribution in [3.05, 3.63) is 64.2 Å². The SMILES string of the molecule is COc1cccc(-c2noc(C3CCC(=O)N3Cc3ccc(Br)cc3F)n2)c1. The molecule has 0 bridgehead atoms. The largest absolute Gasteiger partial charge is 0.497 e. The molecule has 1 aliphatic rings. The number of carbonyl (C=O) groups excluding carboxylic acids is 1. The lowest BCUT2D eigenvalue weighted by Gasteiger charge is -2.22. The van der Waals surface area contributed by atoms with Crippen LogP contribution in [0.15, 0.2) is 51.5 Å². The fourth-order valence-electron chi connectivity index (χ4n) is 3.27. The predicted octanol–water partition coefficient (Wildman–Crippen LogP) is 4.51. The van der Waals surface area contributed by atoms with E-state index in [2.05, 4.69) is 26.1 Å². The number of amides is 1. The average molecular weight is 446 g/mol. The van der Waals surface area contributed by atoms with Crippen LogP contribution in [0.2, 0.25) is 0 Å². The highest BCUT2D eigenvalue weighted by atomic mass is 79.9. The molecule has 0 aliphatic carbocycles. The highest BCUT2D eigenvalue weighted by Crippen LogP contribution is 2.35. The van der Waals surface area contributed by atoms with Gasteiger partial charge in [0.25, 0.3) is 0 Å². The van der Waals surface area contributed by atoms with Crippen LogP contribution in [0.4, 0.5) is 4.39 Å². The monoisotopic (exact) mass is 445 g/mol. The van der Waals surface area contributed by atoms with Crippen molar-refractivity contribution in [1.29, 1.82) is 0 Å². The van der Waals surface area contributed by atoms with E-state index in [1.165, 1.54) is 6.07 Å². The Morgan fingerprint density at radius 2 is 2.18 bits per heavy atom. The number of likely N-dealkylation sites (tertiary alicyclic amines) is 1. The van der Waals surface area contributed by atoms with Crippen LogP contribution >= 0.6 is 15.9 Å². The first-order valence-electron chi connectivity index (χ1n) is 8.76. The molecule has 1 saturated heterocycles. The first kappa shape index (κ1) is 18.6. The molecule has 1 aliphatic heterocycles. The second kappa shape index (κ2) is 7.71. The van der Waals surface area contributed by atoms with Gasteiger partial charge in [0, 0.05) is 28.6 Å². The van der Waals surface area contributed by atoms with E-state index in [0.29, 0.717) is 40.3 Å². The number of nitrogens with zero attached hydrogens (tertiary/aromatic N) is 3. The summed E-state index contributed by atoms with van der Waals surface area (Å²) < 4.78 is 25.5. The molecule has 1 unspecified atom stereocenters. The fraction of sp³-hybridized carbons (Fsp3) is 0.250. The quantitative estimate of drug-likeness (QED) is 0.577. The number of methoxy groups -OCH3 is 1. The van der Waals surface area contributed by atoms with Crippen molar-refractivity contribution < 1.29 is 18.4 Å². The predicted molar refractivity (Wildman–Crippen MR) is 103 cm³/mol. The summed E-state index contributed by atoms with van der Waals surface area (Å²) in [5.41, 5.74) is 1.19. The lowest BCUT2D eigenvalue weighted by molar-refractivity contribution is -0.130. The Morgan fingerprint density at radius 1 is 1.32 bits per heavy atom. The zero-order valence-electron chi connectivity index (χ0n) is 15.1. The van der Waals surface area contributed by atoms with Crippen LogP contribution < -0.4 is 4.74 Å². The molecule has 2 aromatic carbocycles. The van der Waals surface area contributed by atoms with Gasteiger partial charge in [-0.2, -0.15) is 4.98 Å². The summed E-state index contributed by atoms with van der Waals surface area (Å²) in [6.07, 6.45) is 0.913. The highest BCUT2D eigenvalue weighted by molar-refractivity contribution is 9.10. The molecule has 2 heterocycles. The molecule has 3 aromatic rings. The third kappa shape index (κ3) is 3.64. The molecular formula is C20H17BrFN3O3. The maximum absolute atomic E-state index is 14.2. The minimum atomic E-state index is -0.373. The van der Waals surface area contributed by atoms with Gasteiger partial charge in [-0.25, -0.2) is 4.39 Å². The third-order valence-corrected chi connectivity index (χ3v) is 5.23. The maximum atomic E-state index is 14.2. The number of halogens is 2. The number of carbonyl (C=O) groups is 1. The van der Waals surface area contributed by atoms with Gasteiger partial charge in [0.1, 0.15) is 17.6 Å². The van der Waals surface area contributed by atoms with E-state index in [1.807, 2.05) is 24.3 Å². The van der Waals surface area contributed by atoms with Crippen molar-refractivity contribution in [1.82, 2.24) is 15.0 Å². The Morgan fingerprint density at radius 3 is 2.96 bits per heavy atom. The second-order valence-electron chi connectivity index (χ2n) is 6.50. The molecule has 0 saturated carbocycles. The molecule has 1 aromatic heterocycles. The molecule has 1 amide bonds. The zero-order valence-corrected chi connectivity index (χ0v) is 16.6. The first-order valence-corrected chi connectivity index (χ1v) is 9.56. The van der Waals surface area contributed by atoms with E-state index in [-0.39, 0.29) is 24.3 Å². The third-order valence-electron chi connectivity index (χ3n) is 4.74. The minimum Gasteiger partial charge on any atom is -0.497 e. The standard InChI is InChI=1S/C20H17BrFN3O3/c1-27-15-4-2-3-12(9-15)19-23-20(28-24-19)17-7-8-18(26)25(17)11-13-5-6-14(21)10-16(13)22/h2-6,9-10,17H,7-8,11H2,1H3. The molecule has 1 fully saturated rings. The molecule has 4 rings (SSSR count). The maximum Gasteiger partial charge on any atom is 0.249 e. The summed E-state index contributed by atoms with van der Waals surface area (Å²) in [6, 6.07) is 11.8. The smallest absolute Gasteiger partial charge is 0.249 e. The summed E-state index contributed by atoms with van der Waals surface area (Å²) in [7, 11) is 1.59. The average Bonchev–Trinajstić information content (AvgIpc) is 3.31. The van der Waals surface area contributed by atoms with Crippen molar-refractivity contribution in [3.63, 3.8) is 0 Å². The number of hydrogen-bond acceptors (Lipinski definition) is 5. The van der Waals surface area contributed by atoms with Crippen molar-refractivity contribution in [2.45, 2.75) is 25.4 Å². The summed E-state index contributed by atoms with van der Waals surface area (Å²) in [6.45, 7) is 0.152. The van der Waals surface area contributed by atoms with Gasteiger partial charge >= 0.3 is 0 Å². The van der Waals surface area contributed by atoms with Gasteiger partial charge in [-0.1, -0.05) is 39.3 Å². The second-order valence-corrected chi connectivity index (χ2v) is 7.42. The van der Waals surface area contributed by atoms with E-state index < -0.39 is 0 Å². The molecule has 28 heavy (non-hydrogen) atoms. The fourth-order valence-corrected chi connectivity index (χ4v) is 3.61. The number of hydrogen-bond donors (Lipinski definition) is 0. The van der Waals surface area contributed by atoms with Gasteiger partial charge in [0.05, 0.1) is 7.11 Å². The van der Waals surface area contributed by atoms with Gasteiger partial charge < -0.3 is 14.2 Å². The van der Waals surface area contributed by atoms with Crippen LogP contribution in [0.25, 0.3) is 11.4 Å². The molecular weight excluding hydrogens is 429 g/mol. The topological polar surface area (TPSA) is 68.5 Å². The summed E-state index contributed by atoms with van der Waals surface area (Å²) in [5.74, 6) is 1.03. The number of rotatable bonds is 5. The minimum absolute atomic E-state index is 0.0616. The van der Waals surface area contributed by atoms with Crippen molar-refractivity contribution in [2.24, 2.45) is 0 Å². The number of benzene rings is 2.